The Labute approximate surface area is 88.4 Å². The van der Waals surface area contributed by atoms with Gasteiger partial charge in [0.15, 0.2) is 0 Å². The highest BCUT2D eigenvalue weighted by molar-refractivity contribution is 4.80. The average Bonchev–Trinajstić information content (AvgIpc) is 2.60. The third-order valence-electron chi connectivity index (χ3n) is 4.33. The van der Waals surface area contributed by atoms with Crippen molar-refractivity contribution in [1.82, 2.24) is 0 Å². The Morgan fingerprint density at radius 2 is 1.43 bits per heavy atom. The summed E-state index contributed by atoms with van der Waals surface area (Å²) in [5.41, 5.74) is 6.26. The summed E-state index contributed by atoms with van der Waals surface area (Å²) in [6.45, 7) is 0. The van der Waals surface area contributed by atoms with Crippen LogP contribution in [-0.4, -0.2) is 6.04 Å². The molecule has 2 aliphatic carbocycles. The first-order valence-electron chi connectivity index (χ1n) is 6.62. The van der Waals surface area contributed by atoms with Gasteiger partial charge in [0.2, 0.25) is 0 Å². The number of hydrogen-bond acceptors (Lipinski definition) is 1. The van der Waals surface area contributed by atoms with Gasteiger partial charge in [-0.15, -0.1) is 0 Å². The molecule has 14 heavy (non-hydrogen) atoms. The van der Waals surface area contributed by atoms with Gasteiger partial charge in [0.25, 0.3) is 0 Å². The van der Waals surface area contributed by atoms with E-state index < -0.39 is 0 Å². The van der Waals surface area contributed by atoms with Crippen LogP contribution < -0.4 is 5.73 Å². The molecule has 2 fully saturated rings. The first kappa shape index (κ1) is 10.5. The lowest BCUT2D eigenvalue weighted by atomic mass is 9.85. The normalized spacial score (nSPS) is 35.8. The molecule has 0 amide bonds. The number of hydrogen-bond donors (Lipinski definition) is 1. The number of rotatable bonds is 2. The van der Waals surface area contributed by atoms with Gasteiger partial charge in [0.05, 0.1) is 0 Å². The smallest absolute Gasteiger partial charge is 0.00672 e. The molecule has 2 unspecified atom stereocenters. The van der Waals surface area contributed by atoms with Crippen LogP contribution in [0.2, 0.25) is 0 Å². The Morgan fingerprint density at radius 1 is 0.786 bits per heavy atom. The predicted molar refractivity (Wildman–Crippen MR) is 61.1 cm³/mol. The van der Waals surface area contributed by atoms with E-state index in [1.54, 1.807) is 0 Å². The van der Waals surface area contributed by atoms with Crippen LogP contribution in [0.5, 0.6) is 0 Å². The van der Waals surface area contributed by atoms with Gasteiger partial charge in [-0.2, -0.15) is 0 Å². The Hall–Kier alpha value is -0.0400. The Kier molecular flexibility index (Phi) is 3.86. The van der Waals surface area contributed by atoms with Gasteiger partial charge in [0, 0.05) is 6.04 Å². The van der Waals surface area contributed by atoms with Gasteiger partial charge in [-0.1, -0.05) is 44.9 Å². The van der Waals surface area contributed by atoms with E-state index in [4.69, 9.17) is 5.73 Å². The first-order chi connectivity index (χ1) is 6.86. The van der Waals surface area contributed by atoms with Crippen LogP contribution in [0.3, 0.4) is 0 Å². The van der Waals surface area contributed by atoms with Gasteiger partial charge < -0.3 is 5.73 Å². The second-order valence-corrected chi connectivity index (χ2v) is 5.45. The highest BCUT2D eigenvalue weighted by Crippen LogP contribution is 2.34. The van der Waals surface area contributed by atoms with E-state index in [1.165, 1.54) is 64.2 Å². The van der Waals surface area contributed by atoms with Crippen molar-refractivity contribution >= 4 is 0 Å². The molecule has 0 aromatic rings. The second kappa shape index (κ2) is 5.16. The zero-order valence-corrected chi connectivity index (χ0v) is 9.38. The van der Waals surface area contributed by atoms with Crippen LogP contribution in [-0.2, 0) is 0 Å². The molecule has 0 spiro atoms. The summed E-state index contributed by atoms with van der Waals surface area (Å²) in [5, 5.41) is 0. The summed E-state index contributed by atoms with van der Waals surface area (Å²) < 4.78 is 0. The molecule has 1 heteroatoms. The van der Waals surface area contributed by atoms with Gasteiger partial charge >= 0.3 is 0 Å². The van der Waals surface area contributed by atoms with Crippen molar-refractivity contribution in [3.05, 3.63) is 0 Å². The number of nitrogens with two attached hydrogens (primary N) is 1. The van der Waals surface area contributed by atoms with E-state index in [1.807, 2.05) is 0 Å². The largest absolute Gasteiger partial charge is 0.327 e. The quantitative estimate of drug-likeness (QED) is 0.671. The Bertz CT molecular complexity index is 161. The zero-order valence-electron chi connectivity index (χ0n) is 9.38. The molecule has 0 saturated heterocycles. The summed E-state index contributed by atoms with van der Waals surface area (Å²) in [7, 11) is 0. The van der Waals surface area contributed by atoms with Crippen molar-refractivity contribution < 1.29 is 0 Å². The van der Waals surface area contributed by atoms with Crippen molar-refractivity contribution in [2.24, 2.45) is 17.6 Å². The molecule has 2 saturated carbocycles. The summed E-state index contributed by atoms with van der Waals surface area (Å²) in [4.78, 5) is 0. The van der Waals surface area contributed by atoms with E-state index in [-0.39, 0.29) is 0 Å². The Balaban J connectivity index is 1.81. The van der Waals surface area contributed by atoms with Crippen LogP contribution >= 0.6 is 0 Å². The molecule has 0 aliphatic heterocycles. The van der Waals surface area contributed by atoms with Crippen LogP contribution in [0.25, 0.3) is 0 Å². The van der Waals surface area contributed by atoms with E-state index in [0.29, 0.717) is 6.04 Å². The summed E-state index contributed by atoms with van der Waals surface area (Å²) in [5.74, 6) is 1.89. The average molecular weight is 195 g/mol. The fourth-order valence-corrected chi connectivity index (χ4v) is 3.38. The molecule has 0 heterocycles. The molecule has 2 atom stereocenters. The minimum absolute atomic E-state index is 0.526. The van der Waals surface area contributed by atoms with Gasteiger partial charge in [-0.05, 0) is 31.1 Å². The fraction of sp³-hybridized carbons (Fsp3) is 1.00. The maximum atomic E-state index is 6.26. The fourth-order valence-electron chi connectivity index (χ4n) is 3.38. The van der Waals surface area contributed by atoms with Crippen LogP contribution in [0.1, 0.15) is 64.2 Å². The molecule has 0 radical (unpaired) electrons. The molecule has 82 valence electrons. The van der Waals surface area contributed by atoms with Gasteiger partial charge in [-0.3, -0.25) is 0 Å². The van der Waals surface area contributed by atoms with Crippen molar-refractivity contribution in [3.8, 4) is 0 Å². The maximum absolute atomic E-state index is 6.26. The van der Waals surface area contributed by atoms with Crippen molar-refractivity contribution in [2.75, 3.05) is 0 Å². The molecule has 2 aliphatic rings. The SMILES string of the molecule is NC1CCCCCC1CC1CCCC1. The van der Waals surface area contributed by atoms with Crippen molar-refractivity contribution in [3.63, 3.8) is 0 Å². The van der Waals surface area contributed by atoms with Crippen LogP contribution in [0.4, 0.5) is 0 Å². The molecular formula is C13H25N. The highest BCUT2D eigenvalue weighted by Gasteiger charge is 2.25. The zero-order chi connectivity index (χ0) is 9.80. The first-order valence-corrected chi connectivity index (χ1v) is 6.62. The van der Waals surface area contributed by atoms with E-state index >= 15 is 0 Å². The van der Waals surface area contributed by atoms with Gasteiger partial charge in [0.1, 0.15) is 0 Å². The minimum atomic E-state index is 0.526. The lowest BCUT2D eigenvalue weighted by molar-refractivity contribution is 0.309. The molecule has 2 rings (SSSR count). The van der Waals surface area contributed by atoms with E-state index in [9.17, 15) is 0 Å². The summed E-state index contributed by atoms with van der Waals surface area (Å²) >= 11 is 0. The third kappa shape index (κ3) is 2.73. The monoisotopic (exact) mass is 195 g/mol. The van der Waals surface area contributed by atoms with Crippen LogP contribution in [0, 0.1) is 11.8 Å². The summed E-state index contributed by atoms with van der Waals surface area (Å²) in [6, 6.07) is 0.526. The third-order valence-corrected chi connectivity index (χ3v) is 4.33. The topological polar surface area (TPSA) is 26.0 Å². The van der Waals surface area contributed by atoms with Crippen LogP contribution in [0.15, 0.2) is 0 Å². The van der Waals surface area contributed by atoms with E-state index in [0.717, 1.165) is 11.8 Å². The van der Waals surface area contributed by atoms with E-state index in [2.05, 4.69) is 0 Å². The lowest BCUT2D eigenvalue weighted by Crippen LogP contribution is -2.30. The second-order valence-electron chi connectivity index (χ2n) is 5.45. The van der Waals surface area contributed by atoms with Crippen molar-refractivity contribution in [1.29, 1.82) is 0 Å². The molecule has 1 nitrogen and oxygen atoms in total. The summed E-state index contributed by atoms with van der Waals surface area (Å²) in [6.07, 6.45) is 14.3. The van der Waals surface area contributed by atoms with Crippen molar-refractivity contribution in [2.45, 2.75) is 70.3 Å². The molecule has 0 aromatic heterocycles. The maximum Gasteiger partial charge on any atom is 0.00672 e. The van der Waals surface area contributed by atoms with Gasteiger partial charge in [-0.25, -0.2) is 0 Å². The predicted octanol–water partition coefficient (Wildman–Crippen LogP) is 3.47. The Morgan fingerprint density at radius 3 is 2.21 bits per heavy atom. The standard InChI is InChI=1S/C13H25N/c14-13-9-3-1-2-8-12(13)10-11-6-4-5-7-11/h11-13H,1-10,14H2. The molecular weight excluding hydrogens is 170 g/mol. The minimum Gasteiger partial charge on any atom is -0.327 e. The molecule has 0 bridgehead atoms. The molecule has 0 aromatic carbocycles. The highest BCUT2D eigenvalue weighted by atomic mass is 14.7. The molecule has 2 N–H and O–H groups in total. The lowest BCUT2D eigenvalue weighted by Gasteiger charge is -2.24.